The highest BCUT2D eigenvalue weighted by atomic mass is 32.1. The van der Waals surface area contributed by atoms with Gasteiger partial charge in [-0.05, 0) is 48.9 Å². The fraction of sp³-hybridized carbons (Fsp3) is 0.167. The summed E-state index contributed by atoms with van der Waals surface area (Å²) in [6.07, 6.45) is 0. The molecular formula is C18H18N4O2S. The number of benzene rings is 2. The number of hydrogen-bond donors (Lipinski definition) is 1. The van der Waals surface area contributed by atoms with E-state index in [1.165, 1.54) is 4.70 Å². The molecule has 2 N–H and O–H groups in total. The van der Waals surface area contributed by atoms with Crippen LogP contribution in [0.2, 0.25) is 0 Å². The quantitative estimate of drug-likeness (QED) is 0.564. The van der Waals surface area contributed by atoms with Gasteiger partial charge in [0, 0.05) is 7.05 Å². The topological polar surface area (TPSA) is 82.0 Å². The molecule has 0 bridgehead atoms. The van der Waals surface area contributed by atoms with E-state index in [2.05, 4.69) is 22.3 Å². The van der Waals surface area contributed by atoms with Crippen molar-refractivity contribution in [2.24, 2.45) is 23.0 Å². The van der Waals surface area contributed by atoms with Gasteiger partial charge in [-0.15, -0.1) is 5.10 Å². The molecule has 0 radical (unpaired) electrons. The van der Waals surface area contributed by atoms with Gasteiger partial charge < -0.3 is 15.0 Å². The number of carbonyl (C=O) groups is 1. The van der Waals surface area contributed by atoms with Crippen LogP contribution in [0.25, 0.3) is 10.2 Å². The molecule has 0 atom stereocenters. The van der Waals surface area contributed by atoms with Gasteiger partial charge >= 0.3 is 0 Å². The van der Waals surface area contributed by atoms with E-state index in [0.29, 0.717) is 5.75 Å². The Balaban J connectivity index is 1.83. The van der Waals surface area contributed by atoms with Gasteiger partial charge in [0.25, 0.3) is 5.91 Å². The summed E-state index contributed by atoms with van der Waals surface area (Å²) >= 11 is 1.60. The summed E-state index contributed by atoms with van der Waals surface area (Å²) in [6.45, 7) is 1.76. The number of nitrogens with two attached hydrogens (primary N) is 1. The van der Waals surface area contributed by atoms with Crippen LogP contribution in [0.1, 0.15) is 12.5 Å². The lowest BCUT2D eigenvalue weighted by Gasteiger charge is -2.04. The van der Waals surface area contributed by atoms with Crippen LogP contribution in [0.15, 0.2) is 58.7 Å². The normalized spacial score (nSPS) is 12.6. The minimum Gasteiger partial charge on any atom is -0.484 e. The highest BCUT2D eigenvalue weighted by molar-refractivity contribution is 7.16. The summed E-state index contributed by atoms with van der Waals surface area (Å²) in [4.78, 5) is 11.6. The van der Waals surface area contributed by atoms with Crippen molar-refractivity contribution in [3.8, 4) is 5.75 Å². The molecular weight excluding hydrogens is 336 g/mol. The predicted octanol–water partition coefficient (Wildman–Crippen LogP) is 2.43. The molecule has 3 rings (SSSR count). The number of thiazole rings is 1. The van der Waals surface area contributed by atoms with Crippen molar-refractivity contribution in [3.63, 3.8) is 0 Å². The molecule has 0 saturated carbocycles. The van der Waals surface area contributed by atoms with Gasteiger partial charge in [-0.25, -0.2) is 0 Å². The van der Waals surface area contributed by atoms with E-state index in [0.717, 1.165) is 21.6 Å². The van der Waals surface area contributed by atoms with Crippen molar-refractivity contribution in [1.82, 2.24) is 4.57 Å². The van der Waals surface area contributed by atoms with Crippen LogP contribution >= 0.6 is 11.3 Å². The van der Waals surface area contributed by atoms with Gasteiger partial charge in [0.15, 0.2) is 6.61 Å². The third-order valence-corrected chi connectivity index (χ3v) is 4.76. The zero-order chi connectivity index (χ0) is 17.8. The van der Waals surface area contributed by atoms with E-state index >= 15 is 0 Å². The lowest BCUT2D eigenvalue weighted by molar-refractivity contribution is -0.119. The van der Waals surface area contributed by atoms with Gasteiger partial charge in [0.05, 0.1) is 15.9 Å². The lowest BCUT2D eigenvalue weighted by Crippen LogP contribution is -2.20. The second-order valence-electron chi connectivity index (χ2n) is 5.48. The highest BCUT2D eigenvalue weighted by Gasteiger charge is 2.02. The van der Waals surface area contributed by atoms with Crippen LogP contribution in [0, 0.1) is 0 Å². The first-order valence-electron chi connectivity index (χ1n) is 7.69. The number of rotatable bonds is 5. The molecule has 128 valence electrons. The molecule has 0 spiro atoms. The maximum Gasteiger partial charge on any atom is 0.255 e. The molecule has 0 saturated heterocycles. The Hall–Kier alpha value is -2.93. The maximum atomic E-state index is 10.7. The number of amides is 1. The van der Waals surface area contributed by atoms with Crippen LogP contribution in [0.5, 0.6) is 5.75 Å². The number of nitrogens with zero attached hydrogens (tertiary/aromatic N) is 3. The summed E-state index contributed by atoms with van der Waals surface area (Å²) < 4.78 is 8.44. The predicted molar refractivity (Wildman–Crippen MR) is 99.7 cm³/mol. The third kappa shape index (κ3) is 3.95. The molecule has 2 aromatic carbocycles. The van der Waals surface area contributed by atoms with E-state index in [1.807, 2.05) is 42.8 Å². The number of ether oxygens (including phenoxy) is 1. The van der Waals surface area contributed by atoms with Crippen LogP contribution in [-0.2, 0) is 11.8 Å². The minimum atomic E-state index is -0.503. The molecule has 1 heterocycles. The fourth-order valence-corrected chi connectivity index (χ4v) is 3.27. The number of aryl methyl sites for hydroxylation is 1. The van der Waals surface area contributed by atoms with Crippen molar-refractivity contribution in [1.29, 1.82) is 0 Å². The Morgan fingerprint density at radius 3 is 2.60 bits per heavy atom. The van der Waals surface area contributed by atoms with Crippen molar-refractivity contribution in [2.45, 2.75) is 6.92 Å². The fourth-order valence-electron chi connectivity index (χ4n) is 2.30. The first-order chi connectivity index (χ1) is 12.0. The summed E-state index contributed by atoms with van der Waals surface area (Å²) in [5.41, 5.74) is 7.91. The van der Waals surface area contributed by atoms with Crippen LogP contribution in [-0.4, -0.2) is 22.8 Å². The Morgan fingerprint density at radius 2 is 1.92 bits per heavy atom. The molecule has 6 nitrogen and oxygen atoms in total. The van der Waals surface area contributed by atoms with Crippen LogP contribution in [0.3, 0.4) is 0 Å². The molecule has 0 aliphatic rings. The minimum absolute atomic E-state index is 0.135. The molecule has 1 aromatic heterocycles. The number of carbonyl (C=O) groups excluding carboxylic acids is 1. The third-order valence-electron chi connectivity index (χ3n) is 3.65. The largest absolute Gasteiger partial charge is 0.484 e. The number of para-hydroxylation sites is 1. The standard InChI is InChI=1S/C18H18N4O2S/c1-12(13-7-9-14(10-8-13)24-11-17(19)23)20-21-18-22(2)15-5-3-4-6-16(15)25-18/h3-10H,11H2,1-2H3,(H2,19,23)/b20-12+,21-18+. The van der Waals surface area contributed by atoms with Crippen molar-refractivity contribution in [3.05, 3.63) is 58.9 Å². The molecule has 3 aromatic rings. The van der Waals surface area contributed by atoms with E-state index in [-0.39, 0.29) is 6.61 Å². The second kappa shape index (κ2) is 7.31. The molecule has 0 unspecified atom stereocenters. The van der Waals surface area contributed by atoms with Gasteiger partial charge in [-0.2, -0.15) is 5.10 Å². The monoisotopic (exact) mass is 354 g/mol. The maximum absolute atomic E-state index is 10.7. The number of aromatic nitrogens is 1. The summed E-state index contributed by atoms with van der Waals surface area (Å²) in [6, 6.07) is 15.4. The number of primary amides is 1. The summed E-state index contributed by atoms with van der Waals surface area (Å²) in [7, 11) is 1.98. The Bertz CT molecular complexity index is 1000. The van der Waals surface area contributed by atoms with Gasteiger partial charge in [-0.3, -0.25) is 4.79 Å². The summed E-state index contributed by atoms with van der Waals surface area (Å²) in [5.74, 6) is 0.0834. The lowest BCUT2D eigenvalue weighted by atomic mass is 10.1. The van der Waals surface area contributed by atoms with Crippen LogP contribution in [0.4, 0.5) is 0 Å². The molecule has 1 amide bonds. The first kappa shape index (κ1) is 16.9. The van der Waals surface area contributed by atoms with Crippen LogP contribution < -0.4 is 15.3 Å². The molecule has 25 heavy (non-hydrogen) atoms. The SMILES string of the molecule is C/C(=N\N=c1\sc2ccccc2n1C)c1ccc(OCC(N)=O)cc1. The van der Waals surface area contributed by atoms with Gasteiger partial charge in [-0.1, -0.05) is 23.5 Å². The summed E-state index contributed by atoms with van der Waals surface area (Å²) in [5, 5.41) is 8.72. The Morgan fingerprint density at radius 1 is 1.20 bits per heavy atom. The average molecular weight is 354 g/mol. The van der Waals surface area contributed by atoms with E-state index < -0.39 is 5.91 Å². The second-order valence-corrected chi connectivity index (χ2v) is 6.49. The number of fused-ring (bicyclic) bond motifs is 1. The number of hydrogen-bond acceptors (Lipinski definition) is 5. The molecule has 7 heteroatoms. The van der Waals surface area contributed by atoms with Gasteiger partial charge in [0.2, 0.25) is 4.80 Å². The Kier molecular flexibility index (Phi) is 4.95. The van der Waals surface area contributed by atoms with Gasteiger partial charge in [0.1, 0.15) is 5.75 Å². The Labute approximate surface area is 148 Å². The first-order valence-corrected chi connectivity index (χ1v) is 8.50. The molecule has 0 fully saturated rings. The average Bonchev–Trinajstić information content (AvgIpc) is 2.94. The molecule has 0 aliphatic carbocycles. The van der Waals surface area contributed by atoms with E-state index in [1.54, 1.807) is 23.5 Å². The van der Waals surface area contributed by atoms with E-state index in [4.69, 9.17) is 10.5 Å². The molecule has 0 aliphatic heterocycles. The zero-order valence-corrected chi connectivity index (χ0v) is 14.8. The van der Waals surface area contributed by atoms with Crippen molar-refractivity contribution >= 4 is 33.2 Å². The zero-order valence-electron chi connectivity index (χ0n) is 14.0. The van der Waals surface area contributed by atoms with Crippen molar-refractivity contribution in [2.75, 3.05) is 6.61 Å². The smallest absolute Gasteiger partial charge is 0.255 e. The highest BCUT2D eigenvalue weighted by Crippen LogP contribution is 2.15. The van der Waals surface area contributed by atoms with E-state index in [9.17, 15) is 4.79 Å². The van der Waals surface area contributed by atoms with Crippen molar-refractivity contribution < 1.29 is 9.53 Å².